The van der Waals surface area contributed by atoms with Crippen LogP contribution in [0, 0.1) is 6.42 Å². The molecule has 0 unspecified atom stereocenters. The summed E-state index contributed by atoms with van der Waals surface area (Å²) in [5.41, 5.74) is 0. The first-order chi connectivity index (χ1) is 3.39. The fourth-order valence-electron chi connectivity index (χ4n) is 0.879. The van der Waals surface area contributed by atoms with E-state index in [9.17, 15) is 0 Å². The second kappa shape index (κ2) is 4.68. The molecular formula is C6H12NSc-. The maximum absolute atomic E-state index is 2.36. The molecule has 0 spiro atoms. The van der Waals surface area contributed by atoms with Gasteiger partial charge in [0.05, 0.1) is 0 Å². The first-order valence-corrected chi connectivity index (χ1v) is 2.90. The number of likely N-dealkylation sites (tertiary alicyclic amines) is 1. The molecule has 2 heteroatoms. The maximum atomic E-state index is 2.36. The summed E-state index contributed by atoms with van der Waals surface area (Å²) < 4.78 is 0. The Kier molecular flexibility index (Phi) is 5.17. The molecule has 0 saturated carbocycles. The Morgan fingerprint density at radius 1 is 1.25 bits per heavy atom. The predicted molar refractivity (Wildman–Crippen MR) is 31.0 cm³/mol. The van der Waals surface area contributed by atoms with E-state index < -0.39 is 0 Å². The van der Waals surface area contributed by atoms with Crippen molar-refractivity contribution in [2.24, 2.45) is 0 Å². The Morgan fingerprint density at radius 3 is 2.00 bits per heavy atom. The molecule has 1 saturated heterocycles. The second-order valence-corrected chi connectivity index (χ2v) is 2.17. The van der Waals surface area contributed by atoms with Gasteiger partial charge in [0, 0.05) is 25.8 Å². The number of nitrogens with zero attached hydrogens (tertiary/aromatic N) is 1. The molecular weight excluding hydrogens is 131 g/mol. The van der Waals surface area contributed by atoms with Gasteiger partial charge in [0.1, 0.15) is 0 Å². The molecule has 0 aromatic carbocycles. The van der Waals surface area contributed by atoms with Gasteiger partial charge >= 0.3 is 0 Å². The Labute approximate surface area is 70.2 Å². The van der Waals surface area contributed by atoms with Gasteiger partial charge in [-0.15, -0.1) is 0 Å². The zero-order chi connectivity index (χ0) is 5.11. The summed E-state index contributed by atoms with van der Waals surface area (Å²) in [6.45, 7) is 2.53. The fraction of sp³-hybridized carbons (Fsp3) is 0.833. The third-order valence-corrected chi connectivity index (χ3v) is 1.43. The Bertz CT molecular complexity index is 50.5. The number of hydrogen-bond donors (Lipinski definition) is 0. The van der Waals surface area contributed by atoms with Gasteiger partial charge in [-0.05, 0) is 20.1 Å². The van der Waals surface area contributed by atoms with E-state index in [0.29, 0.717) is 0 Å². The van der Waals surface area contributed by atoms with Crippen LogP contribution in [0.1, 0.15) is 12.8 Å². The molecule has 0 N–H and O–H groups in total. The van der Waals surface area contributed by atoms with Crippen molar-refractivity contribution in [2.45, 2.75) is 12.8 Å². The zero-order valence-electron chi connectivity index (χ0n) is 5.43. The first kappa shape index (κ1) is 8.83. The molecule has 0 bridgehead atoms. The molecule has 0 atom stereocenters. The fourth-order valence-corrected chi connectivity index (χ4v) is 0.879. The van der Waals surface area contributed by atoms with Crippen LogP contribution in [0.3, 0.4) is 0 Å². The smallest absolute Gasteiger partial charge is 0 e. The van der Waals surface area contributed by atoms with Gasteiger partial charge in [0.15, 0.2) is 0 Å². The van der Waals surface area contributed by atoms with E-state index in [2.05, 4.69) is 18.4 Å². The van der Waals surface area contributed by atoms with Gasteiger partial charge in [-0.1, -0.05) is 0 Å². The van der Waals surface area contributed by atoms with Crippen LogP contribution in [0.15, 0.2) is 0 Å². The van der Waals surface area contributed by atoms with Crippen LogP contribution in [0.5, 0.6) is 0 Å². The third kappa shape index (κ3) is 2.98. The van der Waals surface area contributed by atoms with Crippen molar-refractivity contribution in [3.63, 3.8) is 0 Å². The van der Waals surface area contributed by atoms with Crippen molar-refractivity contribution < 1.29 is 25.8 Å². The van der Waals surface area contributed by atoms with Gasteiger partial charge in [0.2, 0.25) is 0 Å². The predicted octanol–water partition coefficient (Wildman–Crippen LogP) is 0.914. The van der Waals surface area contributed by atoms with E-state index in [1.165, 1.54) is 25.9 Å². The molecule has 1 nitrogen and oxygen atoms in total. The number of hydrogen-bond acceptors (Lipinski definition) is 1. The van der Waals surface area contributed by atoms with Crippen LogP contribution in [-0.4, -0.2) is 25.0 Å². The van der Waals surface area contributed by atoms with Crippen LogP contribution >= 0.6 is 0 Å². The van der Waals surface area contributed by atoms with Crippen LogP contribution in [0.4, 0.5) is 0 Å². The number of piperidine rings is 1. The van der Waals surface area contributed by atoms with E-state index in [1.54, 1.807) is 0 Å². The zero-order valence-corrected chi connectivity index (χ0v) is 7.23. The van der Waals surface area contributed by atoms with Gasteiger partial charge in [-0.3, -0.25) is 0 Å². The van der Waals surface area contributed by atoms with E-state index in [0.717, 1.165) is 0 Å². The Hall–Kier alpha value is 0.830. The minimum Gasteiger partial charge on any atom is -0.326 e. The minimum absolute atomic E-state index is 0. The molecule has 1 aliphatic rings. The SMILES string of the molecule is CN1CC[CH-]CC1.[Sc]. The molecule has 0 aromatic heterocycles. The van der Waals surface area contributed by atoms with Crippen LogP contribution in [0.25, 0.3) is 0 Å². The van der Waals surface area contributed by atoms with E-state index >= 15 is 0 Å². The molecule has 1 heterocycles. The van der Waals surface area contributed by atoms with E-state index in [1.807, 2.05) is 0 Å². The van der Waals surface area contributed by atoms with Crippen molar-refractivity contribution in [3.8, 4) is 0 Å². The average Bonchev–Trinajstić information content (AvgIpc) is 1.69. The molecule has 1 fully saturated rings. The Balaban J connectivity index is 0.000000490. The summed E-state index contributed by atoms with van der Waals surface area (Å²) in [4.78, 5) is 2.36. The van der Waals surface area contributed by atoms with Gasteiger partial charge in [0.25, 0.3) is 0 Å². The summed E-state index contributed by atoms with van der Waals surface area (Å²) in [5, 5.41) is 0. The summed E-state index contributed by atoms with van der Waals surface area (Å²) in [6, 6.07) is 0. The van der Waals surface area contributed by atoms with Gasteiger partial charge < -0.3 is 11.3 Å². The standard InChI is InChI=1S/C6H12N.Sc/c1-7-5-3-2-4-6-7;/h2H,3-6H2,1H3;/q-1;. The van der Waals surface area contributed by atoms with Crippen LogP contribution < -0.4 is 0 Å². The normalized spacial score (nSPS) is 22.1. The largest absolute Gasteiger partial charge is 0.326 e. The maximum Gasteiger partial charge on any atom is 0 e. The molecule has 0 amide bonds. The summed E-state index contributed by atoms with van der Waals surface area (Å²) in [7, 11) is 2.17. The Morgan fingerprint density at radius 2 is 1.75 bits per heavy atom. The van der Waals surface area contributed by atoms with Crippen molar-refractivity contribution >= 4 is 0 Å². The van der Waals surface area contributed by atoms with Gasteiger partial charge in [-0.2, -0.15) is 12.8 Å². The van der Waals surface area contributed by atoms with Crippen molar-refractivity contribution in [1.82, 2.24) is 4.90 Å². The minimum atomic E-state index is 0. The molecule has 0 aromatic rings. The van der Waals surface area contributed by atoms with Crippen molar-refractivity contribution in [1.29, 1.82) is 0 Å². The summed E-state index contributed by atoms with van der Waals surface area (Å²) in [6.07, 6.45) is 4.94. The average molecular weight is 143 g/mol. The quantitative estimate of drug-likeness (QED) is 0.455. The summed E-state index contributed by atoms with van der Waals surface area (Å²) >= 11 is 0. The first-order valence-electron chi connectivity index (χ1n) is 2.90. The molecule has 8 heavy (non-hydrogen) atoms. The van der Waals surface area contributed by atoms with Crippen molar-refractivity contribution in [3.05, 3.63) is 6.42 Å². The molecule has 1 radical (unpaired) electrons. The van der Waals surface area contributed by atoms with Gasteiger partial charge in [-0.25, -0.2) is 0 Å². The molecule has 1 aliphatic heterocycles. The molecule has 0 aliphatic carbocycles. The van der Waals surface area contributed by atoms with Crippen molar-refractivity contribution in [2.75, 3.05) is 20.1 Å². The second-order valence-electron chi connectivity index (χ2n) is 2.17. The van der Waals surface area contributed by atoms with Crippen LogP contribution in [-0.2, 0) is 25.8 Å². The van der Waals surface area contributed by atoms with Crippen LogP contribution in [0.2, 0.25) is 0 Å². The third-order valence-electron chi connectivity index (χ3n) is 1.43. The van der Waals surface area contributed by atoms with E-state index in [4.69, 9.17) is 0 Å². The number of rotatable bonds is 0. The molecule has 1 rings (SSSR count). The summed E-state index contributed by atoms with van der Waals surface area (Å²) in [5.74, 6) is 0. The monoisotopic (exact) mass is 143 g/mol. The van der Waals surface area contributed by atoms with E-state index in [-0.39, 0.29) is 25.8 Å². The molecule has 45 valence electrons. The topological polar surface area (TPSA) is 3.24 Å².